The van der Waals surface area contributed by atoms with Gasteiger partial charge >= 0.3 is 0 Å². The Bertz CT molecular complexity index is 522. The molecule has 0 radical (unpaired) electrons. The van der Waals surface area contributed by atoms with Gasteiger partial charge in [0.2, 0.25) is 5.91 Å². The molecule has 2 N–H and O–H groups in total. The molecule has 1 fully saturated rings. The molecule has 1 heterocycles. The SMILES string of the molecule is Cc1cc(C)c(C2C(N)CCC(=O)N2C(C)C)cc1C. The summed E-state index contributed by atoms with van der Waals surface area (Å²) in [5, 5.41) is 0. The lowest BCUT2D eigenvalue weighted by Crippen LogP contribution is -2.51. The zero-order valence-electron chi connectivity index (χ0n) is 13.2. The smallest absolute Gasteiger partial charge is 0.223 e. The molecule has 2 rings (SSSR count). The van der Waals surface area contributed by atoms with Crippen LogP contribution in [0, 0.1) is 20.8 Å². The van der Waals surface area contributed by atoms with Gasteiger partial charge in [-0.15, -0.1) is 0 Å². The van der Waals surface area contributed by atoms with Crippen LogP contribution in [0.1, 0.15) is 55.0 Å². The van der Waals surface area contributed by atoms with Gasteiger partial charge in [0.1, 0.15) is 0 Å². The number of carbonyl (C=O) groups excluding carboxylic acids is 1. The van der Waals surface area contributed by atoms with Crippen LogP contribution in [0.3, 0.4) is 0 Å². The molecule has 0 spiro atoms. The molecule has 110 valence electrons. The van der Waals surface area contributed by atoms with Crippen molar-refractivity contribution in [3.05, 3.63) is 34.4 Å². The maximum atomic E-state index is 12.3. The normalized spacial score (nSPS) is 23.6. The lowest BCUT2D eigenvalue weighted by molar-refractivity contribution is -0.139. The van der Waals surface area contributed by atoms with Crippen molar-refractivity contribution in [3.8, 4) is 0 Å². The second kappa shape index (κ2) is 5.57. The van der Waals surface area contributed by atoms with Gasteiger partial charge in [-0.2, -0.15) is 0 Å². The predicted octanol–water partition coefficient (Wildman–Crippen LogP) is 3.01. The number of amides is 1. The van der Waals surface area contributed by atoms with Crippen molar-refractivity contribution in [1.29, 1.82) is 0 Å². The van der Waals surface area contributed by atoms with Crippen LogP contribution in [0.25, 0.3) is 0 Å². The first kappa shape index (κ1) is 15.0. The Kier molecular flexibility index (Phi) is 4.19. The van der Waals surface area contributed by atoms with E-state index in [9.17, 15) is 4.79 Å². The van der Waals surface area contributed by atoms with E-state index >= 15 is 0 Å². The molecule has 2 unspecified atom stereocenters. The number of piperidine rings is 1. The molecule has 0 aliphatic carbocycles. The van der Waals surface area contributed by atoms with Gasteiger partial charge < -0.3 is 10.6 Å². The highest BCUT2D eigenvalue weighted by Crippen LogP contribution is 2.35. The summed E-state index contributed by atoms with van der Waals surface area (Å²) in [5.74, 6) is 0.226. The quantitative estimate of drug-likeness (QED) is 0.901. The minimum absolute atomic E-state index is 0.00977. The molecular weight excluding hydrogens is 248 g/mol. The van der Waals surface area contributed by atoms with E-state index in [0.29, 0.717) is 6.42 Å². The maximum Gasteiger partial charge on any atom is 0.223 e. The van der Waals surface area contributed by atoms with Gasteiger partial charge in [0, 0.05) is 18.5 Å². The minimum atomic E-state index is 0.00977. The number of benzene rings is 1. The first-order valence-electron chi connectivity index (χ1n) is 7.47. The Morgan fingerprint density at radius 1 is 1.15 bits per heavy atom. The van der Waals surface area contributed by atoms with Gasteiger partial charge in [0.25, 0.3) is 0 Å². The van der Waals surface area contributed by atoms with E-state index in [2.05, 4.69) is 46.8 Å². The lowest BCUT2D eigenvalue weighted by Gasteiger charge is -2.43. The summed E-state index contributed by atoms with van der Waals surface area (Å²) in [6.07, 6.45) is 1.35. The summed E-state index contributed by atoms with van der Waals surface area (Å²) in [6.45, 7) is 10.5. The van der Waals surface area contributed by atoms with Gasteiger partial charge in [-0.25, -0.2) is 0 Å². The van der Waals surface area contributed by atoms with Gasteiger partial charge in [-0.05, 0) is 63.3 Å². The van der Waals surface area contributed by atoms with E-state index < -0.39 is 0 Å². The fourth-order valence-electron chi connectivity index (χ4n) is 3.23. The van der Waals surface area contributed by atoms with E-state index in [4.69, 9.17) is 5.73 Å². The fourth-order valence-corrected chi connectivity index (χ4v) is 3.23. The zero-order valence-corrected chi connectivity index (χ0v) is 13.2. The van der Waals surface area contributed by atoms with E-state index in [1.54, 1.807) is 0 Å². The van der Waals surface area contributed by atoms with E-state index in [0.717, 1.165) is 6.42 Å². The van der Waals surface area contributed by atoms with Crippen LogP contribution in [0.15, 0.2) is 12.1 Å². The van der Waals surface area contributed by atoms with Crippen molar-refractivity contribution >= 4 is 5.91 Å². The molecule has 1 aromatic carbocycles. The van der Waals surface area contributed by atoms with Gasteiger partial charge in [0.05, 0.1) is 6.04 Å². The number of hydrogen-bond donors (Lipinski definition) is 1. The first-order chi connectivity index (χ1) is 9.32. The van der Waals surface area contributed by atoms with E-state index in [1.165, 1.54) is 22.3 Å². The molecule has 1 amide bonds. The van der Waals surface area contributed by atoms with Crippen LogP contribution in [0.5, 0.6) is 0 Å². The van der Waals surface area contributed by atoms with Gasteiger partial charge in [0.15, 0.2) is 0 Å². The lowest BCUT2D eigenvalue weighted by atomic mass is 9.85. The molecule has 0 aromatic heterocycles. The number of likely N-dealkylation sites (tertiary alicyclic amines) is 1. The Morgan fingerprint density at radius 2 is 1.75 bits per heavy atom. The van der Waals surface area contributed by atoms with Crippen LogP contribution in [-0.4, -0.2) is 22.9 Å². The third kappa shape index (κ3) is 2.59. The topological polar surface area (TPSA) is 46.3 Å². The second-order valence-corrected chi connectivity index (χ2v) is 6.34. The van der Waals surface area contributed by atoms with Crippen molar-refractivity contribution < 1.29 is 4.79 Å². The van der Waals surface area contributed by atoms with E-state index in [-0.39, 0.29) is 24.0 Å². The summed E-state index contributed by atoms with van der Waals surface area (Å²) < 4.78 is 0. The highest BCUT2D eigenvalue weighted by atomic mass is 16.2. The molecule has 2 atom stereocenters. The zero-order chi connectivity index (χ0) is 15.0. The highest BCUT2D eigenvalue weighted by molar-refractivity contribution is 5.78. The number of rotatable bonds is 2. The van der Waals surface area contributed by atoms with Crippen molar-refractivity contribution in [1.82, 2.24) is 4.90 Å². The fraction of sp³-hybridized carbons (Fsp3) is 0.588. The Hall–Kier alpha value is -1.35. The van der Waals surface area contributed by atoms with Crippen molar-refractivity contribution in [3.63, 3.8) is 0 Å². The summed E-state index contributed by atoms with van der Waals surface area (Å²) >= 11 is 0. The van der Waals surface area contributed by atoms with Gasteiger partial charge in [-0.1, -0.05) is 12.1 Å². The molecular formula is C17H26N2O. The predicted molar refractivity (Wildman–Crippen MR) is 82.6 cm³/mol. The summed E-state index contributed by atoms with van der Waals surface area (Å²) in [7, 11) is 0. The molecule has 1 aliphatic heterocycles. The summed E-state index contributed by atoms with van der Waals surface area (Å²) in [4.78, 5) is 14.3. The van der Waals surface area contributed by atoms with Crippen LogP contribution in [0.4, 0.5) is 0 Å². The van der Waals surface area contributed by atoms with Crippen molar-refractivity contribution in [2.75, 3.05) is 0 Å². The number of nitrogens with zero attached hydrogens (tertiary/aromatic N) is 1. The number of hydrogen-bond acceptors (Lipinski definition) is 2. The molecule has 0 bridgehead atoms. The second-order valence-electron chi connectivity index (χ2n) is 6.34. The molecule has 1 saturated heterocycles. The minimum Gasteiger partial charge on any atom is -0.332 e. The maximum absolute atomic E-state index is 12.3. The highest BCUT2D eigenvalue weighted by Gasteiger charge is 2.37. The van der Waals surface area contributed by atoms with Crippen molar-refractivity contribution in [2.45, 2.75) is 65.6 Å². The van der Waals surface area contributed by atoms with E-state index in [1.807, 2.05) is 4.90 Å². The molecule has 1 aromatic rings. The monoisotopic (exact) mass is 274 g/mol. The van der Waals surface area contributed by atoms with Crippen LogP contribution in [0.2, 0.25) is 0 Å². The summed E-state index contributed by atoms with van der Waals surface area (Å²) in [5.41, 5.74) is 11.4. The van der Waals surface area contributed by atoms with Gasteiger partial charge in [-0.3, -0.25) is 4.79 Å². The first-order valence-corrected chi connectivity index (χ1v) is 7.47. The Morgan fingerprint density at radius 3 is 2.35 bits per heavy atom. The van der Waals surface area contributed by atoms with Crippen LogP contribution in [-0.2, 0) is 4.79 Å². The van der Waals surface area contributed by atoms with Crippen LogP contribution >= 0.6 is 0 Å². The third-order valence-electron chi connectivity index (χ3n) is 4.44. The van der Waals surface area contributed by atoms with Crippen LogP contribution < -0.4 is 5.73 Å². The molecule has 3 heteroatoms. The number of carbonyl (C=O) groups is 1. The standard InChI is InChI=1S/C17H26N2O/c1-10(2)19-16(20)7-6-15(18)17(19)14-9-12(4)11(3)8-13(14)5/h8-10,15,17H,6-7,18H2,1-5H3. The Balaban J connectivity index is 2.51. The third-order valence-corrected chi connectivity index (χ3v) is 4.44. The van der Waals surface area contributed by atoms with Crippen molar-refractivity contribution in [2.24, 2.45) is 5.73 Å². The average molecular weight is 274 g/mol. The Labute approximate surface area is 122 Å². The molecule has 3 nitrogen and oxygen atoms in total. The number of aryl methyl sites for hydroxylation is 3. The average Bonchev–Trinajstić information content (AvgIpc) is 2.36. The number of nitrogens with two attached hydrogens (primary N) is 1. The summed E-state index contributed by atoms with van der Waals surface area (Å²) in [6, 6.07) is 4.63. The molecule has 20 heavy (non-hydrogen) atoms. The molecule has 1 aliphatic rings. The largest absolute Gasteiger partial charge is 0.332 e. The molecule has 0 saturated carbocycles.